The molecule has 0 saturated heterocycles. The Hall–Kier alpha value is -2.42. The van der Waals surface area contributed by atoms with Crippen molar-refractivity contribution >= 4 is 11.8 Å². The van der Waals surface area contributed by atoms with Gasteiger partial charge in [0.1, 0.15) is 11.6 Å². The lowest BCUT2D eigenvalue weighted by Crippen LogP contribution is -2.01. The van der Waals surface area contributed by atoms with Crippen LogP contribution in [0.2, 0.25) is 0 Å². The molecular weight excluding hydrogens is 326 g/mol. The fourth-order valence-corrected chi connectivity index (χ4v) is 2.59. The Balaban J connectivity index is 1.68. The van der Waals surface area contributed by atoms with Crippen LogP contribution in [-0.2, 0) is 5.75 Å². The van der Waals surface area contributed by atoms with Gasteiger partial charge in [-0.3, -0.25) is 4.57 Å². The Morgan fingerprint density at radius 2 is 2.04 bits per heavy atom. The molecule has 6 nitrogen and oxygen atoms in total. The number of nitrogens with zero attached hydrogens (tertiary/aromatic N) is 4. The van der Waals surface area contributed by atoms with Crippen LogP contribution in [0.4, 0.5) is 8.78 Å². The lowest BCUT2D eigenvalue weighted by atomic mass is 10.2. The molecule has 0 unspecified atom stereocenters. The van der Waals surface area contributed by atoms with E-state index in [0.717, 1.165) is 27.6 Å². The number of halogens is 2. The zero-order valence-corrected chi connectivity index (χ0v) is 12.8. The van der Waals surface area contributed by atoms with Crippen LogP contribution in [0.25, 0.3) is 11.5 Å². The van der Waals surface area contributed by atoms with Gasteiger partial charge in [0.2, 0.25) is 5.89 Å². The van der Waals surface area contributed by atoms with Gasteiger partial charge in [-0.2, -0.15) is 8.78 Å². The lowest BCUT2D eigenvalue weighted by molar-refractivity contribution is 0.0678. The molecule has 9 heteroatoms. The van der Waals surface area contributed by atoms with E-state index in [-0.39, 0.29) is 11.6 Å². The number of hydrogen-bond donors (Lipinski definition) is 0. The number of benzene rings is 1. The van der Waals surface area contributed by atoms with Crippen LogP contribution in [0.1, 0.15) is 12.4 Å². The third kappa shape index (κ3) is 3.50. The second kappa shape index (κ2) is 6.78. The largest absolute Gasteiger partial charge is 0.497 e. The van der Waals surface area contributed by atoms with Crippen molar-refractivity contribution in [2.45, 2.75) is 17.5 Å². The van der Waals surface area contributed by atoms with Gasteiger partial charge in [-0.1, -0.05) is 11.8 Å². The first kappa shape index (κ1) is 15.5. The maximum Gasteiger partial charge on any atom is 0.319 e. The second-order valence-corrected chi connectivity index (χ2v) is 5.35. The summed E-state index contributed by atoms with van der Waals surface area (Å²) in [7, 11) is 1.58. The summed E-state index contributed by atoms with van der Waals surface area (Å²) in [6.07, 6.45) is 2.57. The van der Waals surface area contributed by atoms with Gasteiger partial charge in [0.25, 0.3) is 5.22 Å². The van der Waals surface area contributed by atoms with E-state index in [2.05, 4.69) is 15.2 Å². The van der Waals surface area contributed by atoms with Gasteiger partial charge >= 0.3 is 6.55 Å². The zero-order chi connectivity index (χ0) is 16.2. The van der Waals surface area contributed by atoms with Crippen molar-refractivity contribution in [3.8, 4) is 17.2 Å². The monoisotopic (exact) mass is 338 g/mol. The number of alkyl halides is 2. The van der Waals surface area contributed by atoms with E-state index in [1.807, 2.05) is 0 Å². The topological polar surface area (TPSA) is 66.0 Å². The molecule has 120 valence electrons. The maximum absolute atomic E-state index is 12.7. The Morgan fingerprint density at radius 1 is 1.26 bits per heavy atom. The highest BCUT2D eigenvalue weighted by Crippen LogP contribution is 2.27. The molecule has 2 heterocycles. The lowest BCUT2D eigenvalue weighted by Gasteiger charge is -2.04. The summed E-state index contributed by atoms with van der Waals surface area (Å²) >= 11 is 1.15. The third-order valence-corrected chi connectivity index (χ3v) is 3.84. The van der Waals surface area contributed by atoms with Crippen LogP contribution < -0.4 is 4.74 Å². The Bertz CT molecular complexity index is 773. The zero-order valence-electron chi connectivity index (χ0n) is 12.0. The minimum atomic E-state index is -2.62. The highest BCUT2D eigenvalue weighted by atomic mass is 32.2. The second-order valence-electron chi connectivity index (χ2n) is 4.42. The van der Waals surface area contributed by atoms with Crippen LogP contribution in [0, 0.1) is 0 Å². The van der Waals surface area contributed by atoms with Crippen molar-refractivity contribution in [3.63, 3.8) is 0 Å². The number of imidazole rings is 1. The molecule has 0 atom stereocenters. The van der Waals surface area contributed by atoms with E-state index in [9.17, 15) is 8.78 Å². The van der Waals surface area contributed by atoms with Crippen molar-refractivity contribution in [2.75, 3.05) is 7.11 Å². The standard InChI is InChI=1S/C14H12F2N4O2S/c1-21-10-4-2-9(3-5-10)12-18-19-14(22-12)23-8-11-17-6-7-20(11)13(15)16/h2-7,13H,8H2,1H3. The first-order valence-electron chi connectivity index (χ1n) is 6.58. The third-order valence-electron chi connectivity index (χ3n) is 3.03. The van der Waals surface area contributed by atoms with Crippen molar-refractivity contribution in [3.05, 3.63) is 42.5 Å². The predicted molar refractivity (Wildman–Crippen MR) is 79.3 cm³/mol. The molecule has 2 aromatic heterocycles. The summed E-state index contributed by atoms with van der Waals surface area (Å²) in [6.45, 7) is -2.62. The number of rotatable bonds is 6. The molecule has 0 radical (unpaired) electrons. The quantitative estimate of drug-likeness (QED) is 0.640. The van der Waals surface area contributed by atoms with Crippen LogP contribution in [-0.4, -0.2) is 26.9 Å². The molecule has 3 rings (SSSR count). The van der Waals surface area contributed by atoms with E-state index in [4.69, 9.17) is 9.15 Å². The van der Waals surface area contributed by atoms with Gasteiger partial charge in [-0.05, 0) is 24.3 Å². The minimum absolute atomic E-state index is 0.210. The van der Waals surface area contributed by atoms with Gasteiger partial charge in [0.05, 0.1) is 12.9 Å². The summed E-state index contributed by atoms with van der Waals surface area (Å²) in [4.78, 5) is 3.89. The SMILES string of the molecule is COc1ccc(-c2nnc(SCc3nccn3C(F)F)o2)cc1. The summed E-state index contributed by atoms with van der Waals surface area (Å²) < 4.78 is 36.8. The molecule has 0 N–H and O–H groups in total. The number of aromatic nitrogens is 4. The molecule has 0 fully saturated rings. The van der Waals surface area contributed by atoms with E-state index < -0.39 is 6.55 Å². The van der Waals surface area contributed by atoms with Gasteiger partial charge in [-0.25, -0.2) is 4.98 Å². The number of hydrogen-bond acceptors (Lipinski definition) is 6. The van der Waals surface area contributed by atoms with Crippen molar-refractivity contribution in [1.82, 2.24) is 19.7 Å². The van der Waals surface area contributed by atoms with E-state index >= 15 is 0 Å². The van der Waals surface area contributed by atoms with Crippen molar-refractivity contribution in [1.29, 1.82) is 0 Å². The average molecular weight is 338 g/mol. The van der Waals surface area contributed by atoms with Gasteiger partial charge in [-0.15, -0.1) is 10.2 Å². The number of ether oxygens (including phenoxy) is 1. The summed E-state index contributed by atoms with van der Waals surface area (Å²) in [5, 5.41) is 8.14. The van der Waals surface area contributed by atoms with Gasteiger partial charge in [0.15, 0.2) is 0 Å². The first-order chi connectivity index (χ1) is 11.2. The number of thioether (sulfide) groups is 1. The predicted octanol–water partition coefficient (Wildman–Crippen LogP) is 3.63. The first-order valence-corrected chi connectivity index (χ1v) is 7.56. The fourth-order valence-electron chi connectivity index (χ4n) is 1.88. The highest BCUT2D eigenvalue weighted by molar-refractivity contribution is 7.98. The molecule has 0 aliphatic carbocycles. The highest BCUT2D eigenvalue weighted by Gasteiger charge is 2.14. The minimum Gasteiger partial charge on any atom is -0.497 e. The molecular formula is C14H12F2N4O2S. The number of methoxy groups -OCH3 is 1. The van der Waals surface area contributed by atoms with E-state index in [0.29, 0.717) is 11.1 Å². The Labute approximate surface area is 134 Å². The molecule has 0 bridgehead atoms. The summed E-state index contributed by atoms with van der Waals surface area (Å²) in [5.41, 5.74) is 0.749. The molecule has 23 heavy (non-hydrogen) atoms. The van der Waals surface area contributed by atoms with Crippen LogP contribution in [0.5, 0.6) is 5.75 Å². The smallest absolute Gasteiger partial charge is 0.319 e. The molecule has 3 aromatic rings. The van der Waals surface area contributed by atoms with Crippen LogP contribution in [0.15, 0.2) is 46.3 Å². The van der Waals surface area contributed by atoms with Gasteiger partial charge in [0, 0.05) is 18.0 Å². The Kier molecular flexibility index (Phi) is 4.56. The molecule has 0 spiro atoms. The van der Waals surface area contributed by atoms with E-state index in [1.54, 1.807) is 31.4 Å². The van der Waals surface area contributed by atoms with Crippen LogP contribution >= 0.6 is 11.8 Å². The average Bonchev–Trinajstić information content (AvgIpc) is 3.22. The van der Waals surface area contributed by atoms with Crippen molar-refractivity contribution < 1.29 is 17.9 Å². The Morgan fingerprint density at radius 3 is 2.74 bits per heavy atom. The van der Waals surface area contributed by atoms with Crippen LogP contribution in [0.3, 0.4) is 0 Å². The van der Waals surface area contributed by atoms with E-state index in [1.165, 1.54) is 12.4 Å². The molecule has 0 saturated carbocycles. The maximum atomic E-state index is 12.7. The molecule has 0 aliphatic heterocycles. The molecule has 1 aromatic carbocycles. The van der Waals surface area contributed by atoms with Crippen molar-refractivity contribution in [2.24, 2.45) is 0 Å². The summed E-state index contributed by atoms with van der Waals surface area (Å²) in [5.74, 6) is 1.53. The van der Waals surface area contributed by atoms with Gasteiger partial charge < -0.3 is 9.15 Å². The summed E-state index contributed by atoms with van der Waals surface area (Å²) in [6, 6.07) is 7.16. The molecule has 0 aliphatic rings. The normalized spacial score (nSPS) is 11.1. The fraction of sp³-hybridized carbons (Fsp3) is 0.214. The molecule has 0 amide bonds.